The van der Waals surface area contributed by atoms with Crippen LogP contribution in [0.15, 0.2) is 30.3 Å². The van der Waals surface area contributed by atoms with Crippen LogP contribution in [0.25, 0.3) is 0 Å². The molecular formula is C17H26ClNO3S. The van der Waals surface area contributed by atoms with E-state index >= 15 is 0 Å². The van der Waals surface area contributed by atoms with Crippen molar-refractivity contribution in [3.05, 3.63) is 35.9 Å². The number of halogens is 1. The van der Waals surface area contributed by atoms with E-state index in [9.17, 15) is 4.79 Å². The molecule has 1 aromatic rings. The van der Waals surface area contributed by atoms with Crippen molar-refractivity contribution in [3.8, 4) is 0 Å². The van der Waals surface area contributed by atoms with Crippen molar-refractivity contribution < 1.29 is 14.6 Å². The summed E-state index contributed by atoms with van der Waals surface area (Å²) in [6.45, 7) is 1.35. The van der Waals surface area contributed by atoms with Gasteiger partial charge in [0, 0.05) is 0 Å². The quantitative estimate of drug-likeness (QED) is 0.404. The Hall–Kier alpha value is -0.750. The first-order chi connectivity index (χ1) is 10.7. The first-order valence-electron chi connectivity index (χ1n) is 7.79. The molecule has 4 nitrogen and oxygen atoms in total. The van der Waals surface area contributed by atoms with E-state index in [4.69, 9.17) is 9.78 Å². The second-order valence-corrected chi connectivity index (χ2v) is 7.04. The molecule has 1 aromatic carbocycles. The van der Waals surface area contributed by atoms with E-state index in [-0.39, 0.29) is 24.3 Å². The van der Waals surface area contributed by atoms with Gasteiger partial charge in [-0.15, -0.1) is 12.4 Å². The van der Waals surface area contributed by atoms with Crippen LogP contribution in [0.5, 0.6) is 0 Å². The van der Waals surface area contributed by atoms with Gasteiger partial charge in [0.05, 0.1) is 12.5 Å². The molecule has 1 heterocycles. The third kappa shape index (κ3) is 6.71. The minimum absolute atomic E-state index is 0. The number of carbonyl (C=O) groups is 1. The Morgan fingerprint density at radius 1 is 1.35 bits per heavy atom. The van der Waals surface area contributed by atoms with Crippen molar-refractivity contribution in [1.29, 1.82) is 0 Å². The van der Waals surface area contributed by atoms with Crippen LogP contribution in [0.1, 0.15) is 24.3 Å². The molecule has 0 spiro atoms. The van der Waals surface area contributed by atoms with E-state index in [0.29, 0.717) is 12.5 Å². The maximum Gasteiger partial charge on any atom is 0.350 e. The lowest BCUT2D eigenvalue weighted by Crippen LogP contribution is -2.24. The molecule has 1 fully saturated rings. The Balaban J connectivity index is 0.00000264. The lowest BCUT2D eigenvalue weighted by atomic mass is 9.86. The monoisotopic (exact) mass is 359 g/mol. The normalized spacial score (nSPS) is 18.5. The maximum absolute atomic E-state index is 12.5. The van der Waals surface area contributed by atoms with Crippen molar-refractivity contribution in [3.63, 3.8) is 0 Å². The van der Waals surface area contributed by atoms with E-state index in [1.165, 1.54) is 0 Å². The van der Waals surface area contributed by atoms with Gasteiger partial charge < -0.3 is 4.90 Å². The van der Waals surface area contributed by atoms with Crippen molar-refractivity contribution in [1.82, 2.24) is 4.90 Å². The maximum atomic E-state index is 12.5. The van der Waals surface area contributed by atoms with Gasteiger partial charge in [0.25, 0.3) is 0 Å². The molecule has 0 saturated carbocycles. The summed E-state index contributed by atoms with van der Waals surface area (Å²) in [6.07, 6.45) is 1.90. The second-order valence-electron chi connectivity index (χ2n) is 5.89. The van der Waals surface area contributed by atoms with Crippen LogP contribution in [0.2, 0.25) is 0 Å². The zero-order valence-corrected chi connectivity index (χ0v) is 15.4. The first-order valence-corrected chi connectivity index (χ1v) is 8.94. The summed E-state index contributed by atoms with van der Waals surface area (Å²) in [5, 5.41) is 0. The first kappa shape index (κ1) is 20.3. The zero-order chi connectivity index (χ0) is 15.8. The van der Waals surface area contributed by atoms with Crippen molar-refractivity contribution in [2.75, 3.05) is 38.8 Å². The largest absolute Gasteiger partial charge is 0.350 e. The zero-order valence-electron chi connectivity index (χ0n) is 13.8. The minimum Gasteiger partial charge on any atom is -0.309 e. The average molecular weight is 360 g/mol. The fourth-order valence-electron chi connectivity index (χ4n) is 2.67. The van der Waals surface area contributed by atoms with E-state index in [1.54, 1.807) is 0 Å². The van der Waals surface area contributed by atoms with Crippen LogP contribution in [-0.4, -0.2) is 49.6 Å². The highest BCUT2D eigenvalue weighted by atomic mass is 35.5. The summed E-state index contributed by atoms with van der Waals surface area (Å²) < 4.78 is 0. The van der Waals surface area contributed by atoms with Crippen LogP contribution in [0, 0.1) is 5.92 Å². The van der Waals surface area contributed by atoms with Gasteiger partial charge in [-0.25, -0.2) is 4.79 Å². The number of carbonyl (C=O) groups excluding carboxylic acids is 1. The van der Waals surface area contributed by atoms with E-state index in [2.05, 4.69) is 4.90 Å². The smallest absolute Gasteiger partial charge is 0.309 e. The molecular weight excluding hydrogens is 334 g/mol. The van der Waals surface area contributed by atoms with Crippen LogP contribution in [0.3, 0.4) is 0 Å². The van der Waals surface area contributed by atoms with Gasteiger partial charge in [0.1, 0.15) is 0 Å². The SMILES string of the molecule is CN(C)CCCOOC(=O)C(c1ccccc1)C1CCSC1.Cl. The number of benzene rings is 1. The van der Waals surface area contributed by atoms with Crippen LogP contribution in [0.4, 0.5) is 0 Å². The van der Waals surface area contributed by atoms with Crippen molar-refractivity contribution >= 4 is 30.1 Å². The molecule has 2 rings (SSSR count). The predicted molar refractivity (Wildman–Crippen MR) is 97.1 cm³/mol. The Morgan fingerprint density at radius 2 is 2.09 bits per heavy atom. The fraction of sp³-hybridized carbons (Fsp3) is 0.588. The fourth-order valence-corrected chi connectivity index (χ4v) is 3.97. The Morgan fingerprint density at radius 3 is 2.70 bits per heavy atom. The van der Waals surface area contributed by atoms with Crippen molar-refractivity contribution in [2.45, 2.75) is 18.8 Å². The lowest BCUT2D eigenvalue weighted by Gasteiger charge is -2.21. The molecule has 2 atom stereocenters. The van der Waals surface area contributed by atoms with Crippen LogP contribution in [-0.2, 0) is 14.6 Å². The predicted octanol–water partition coefficient (Wildman–Crippen LogP) is 3.37. The average Bonchev–Trinajstić information content (AvgIpc) is 3.02. The lowest BCUT2D eigenvalue weighted by molar-refractivity contribution is -0.275. The van der Waals surface area contributed by atoms with Crippen molar-refractivity contribution in [2.24, 2.45) is 5.92 Å². The third-order valence-corrected chi connectivity index (χ3v) is 5.01. The van der Waals surface area contributed by atoms with Crippen LogP contribution < -0.4 is 0 Å². The molecule has 0 amide bonds. The molecule has 0 radical (unpaired) electrons. The Bertz CT molecular complexity index is 452. The number of hydrogen-bond donors (Lipinski definition) is 0. The minimum atomic E-state index is -0.261. The number of thioether (sulfide) groups is 1. The molecule has 0 bridgehead atoms. The summed E-state index contributed by atoms with van der Waals surface area (Å²) >= 11 is 1.90. The molecule has 23 heavy (non-hydrogen) atoms. The summed E-state index contributed by atoms with van der Waals surface area (Å²) in [6, 6.07) is 9.90. The molecule has 0 N–H and O–H groups in total. The van der Waals surface area contributed by atoms with Gasteiger partial charge in [-0.05, 0) is 56.5 Å². The molecule has 0 aliphatic carbocycles. The molecule has 1 aliphatic rings. The van der Waals surface area contributed by atoms with Gasteiger partial charge in [-0.1, -0.05) is 30.3 Å². The Kier molecular flexibility index (Phi) is 9.63. The van der Waals surface area contributed by atoms with E-state index < -0.39 is 0 Å². The van der Waals surface area contributed by atoms with Gasteiger partial charge >= 0.3 is 5.97 Å². The number of hydrogen-bond acceptors (Lipinski definition) is 5. The topological polar surface area (TPSA) is 38.8 Å². The van der Waals surface area contributed by atoms with Gasteiger partial charge in [-0.3, -0.25) is 4.89 Å². The molecule has 6 heteroatoms. The highest BCUT2D eigenvalue weighted by Gasteiger charge is 2.34. The van der Waals surface area contributed by atoms with Crippen LogP contribution >= 0.6 is 24.2 Å². The molecule has 130 valence electrons. The molecule has 0 aromatic heterocycles. The number of nitrogens with zero attached hydrogens (tertiary/aromatic N) is 1. The van der Waals surface area contributed by atoms with E-state index in [0.717, 1.165) is 36.5 Å². The summed E-state index contributed by atoms with van der Waals surface area (Å²) in [7, 11) is 4.02. The summed E-state index contributed by atoms with van der Waals surface area (Å²) in [5.74, 6) is 1.99. The highest BCUT2D eigenvalue weighted by Crippen LogP contribution is 2.36. The molecule has 1 aliphatic heterocycles. The number of rotatable bonds is 8. The molecule has 2 unspecified atom stereocenters. The second kappa shape index (κ2) is 10.9. The summed E-state index contributed by atoms with van der Waals surface area (Å²) in [5.41, 5.74) is 1.02. The van der Waals surface area contributed by atoms with Gasteiger partial charge in [-0.2, -0.15) is 16.6 Å². The third-order valence-electron chi connectivity index (χ3n) is 3.82. The standard InChI is InChI=1S/C17H25NO3S.ClH/c1-18(2)10-6-11-20-21-17(19)16(15-9-12-22-13-15)14-7-4-3-5-8-14;/h3-5,7-8,15-16H,6,9-13H2,1-2H3;1H. The van der Waals surface area contributed by atoms with Gasteiger partial charge in [0.2, 0.25) is 0 Å². The Labute approximate surface area is 149 Å². The van der Waals surface area contributed by atoms with E-state index in [1.807, 2.05) is 56.2 Å². The highest BCUT2D eigenvalue weighted by molar-refractivity contribution is 7.99. The van der Waals surface area contributed by atoms with Gasteiger partial charge in [0.15, 0.2) is 0 Å². The summed E-state index contributed by atoms with van der Waals surface area (Å²) in [4.78, 5) is 24.7. The molecule has 1 saturated heterocycles.